The van der Waals surface area contributed by atoms with Crippen LogP contribution in [0.4, 0.5) is 13.2 Å². The lowest BCUT2D eigenvalue weighted by Gasteiger charge is -2.06. The summed E-state index contributed by atoms with van der Waals surface area (Å²) in [7, 11) is 0. The minimum Gasteiger partial charge on any atom is -0.279 e. The fourth-order valence-corrected chi connectivity index (χ4v) is 2.66. The first kappa shape index (κ1) is 13.7. The quantitative estimate of drug-likeness (QED) is 0.675. The van der Waals surface area contributed by atoms with Crippen LogP contribution in [0.25, 0.3) is 11.1 Å². The lowest BCUT2D eigenvalue weighted by molar-refractivity contribution is -0.145. The Morgan fingerprint density at radius 1 is 1.14 bits per heavy atom. The number of aromatic nitrogens is 2. The van der Waals surface area contributed by atoms with Crippen LogP contribution >= 0.6 is 11.6 Å². The molecule has 1 fully saturated rings. The van der Waals surface area contributed by atoms with Crippen molar-refractivity contribution in [3.05, 3.63) is 46.5 Å². The molecule has 1 aromatic heterocycles. The molecule has 0 atom stereocenters. The Bertz CT molecular complexity index is 810. The smallest absolute Gasteiger partial charge is 0.279 e. The molecule has 0 N–H and O–H groups in total. The van der Waals surface area contributed by atoms with Crippen LogP contribution in [0.2, 0.25) is 5.02 Å². The predicted molar refractivity (Wildman–Crippen MR) is 76.1 cm³/mol. The van der Waals surface area contributed by atoms with E-state index in [1.807, 2.05) is 0 Å². The number of hydrogen-bond donors (Lipinski definition) is 0. The number of hydrogen-bond acceptors (Lipinski definition) is 3. The van der Waals surface area contributed by atoms with E-state index >= 15 is 0 Å². The van der Waals surface area contributed by atoms with Crippen molar-refractivity contribution in [1.29, 1.82) is 0 Å². The maximum atomic E-state index is 12.9. The van der Waals surface area contributed by atoms with Crippen molar-refractivity contribution < 1.29 is 13.2 Å². The molecule has 7 heteroatoms. The summed E-state index contributed by atoms with van der Waals surface area (Å²) in [6, 6.07) is 5.34. The van der Waals surface area contributed by atoms with Gasteiger partial charge in [0, 0.05) is 22.3 Å². The highest BCUT2D eigenvalue weighted by atomic mass is 35.5. The molecule has 4 rings (SSSR count). The number of fused-ring (bicyclic) bond motifs is 3. The van der Waals surface area contributed by atoms with Crippen LogP contribution in [0.1, 0.15) is 29.9 Å². The van der Waals surface area contributed by atoms with Crippen LogP contribution in [-0.2, 0) is 6.18 Å². The molecule has 0 amide bonds. The summed E-state index contributed by atoms with van der Waals surface area (Å²) in [5.41, 5.74) is 2.80. The summed E-state index contributed by atoms with van der Waals surface area (Å²) in [4.78, 5) is 11.7. The van der Waals surface area contributed by atoms with Gasteiger partial charge in [-0.15, -0.1) is 0 Å². The molecule has 3 nitrogen and oxygen atoms in total. The Hall–Kier alpha value is -1.95. The third kappa shape index (κ3) is 2.18. The van der Waals surface area contributed by atoms with Crippen LogP contribution in [0.3, 0.4) is 0 Å². The van der Waals surface area contributed by atoms with Gasteiger partial charge in [-0.2, -0.15) is 13.2 Å². The number of benzene rings is 1. The van der Waals surface area contributed by atoms with Crippen molar-refractivity contribution in [2.45, 2.75) is 25.1 Å². The molecule has 0 unspecified atom stereocenters. The standard InChI is InChI=1S/C15H9ClF3N3/c16-7-1-4-9-10(5-7)12(21-8-2-3-8)13-11(9)6-20-14(22-13)15(17,18)19/h1,4-6,8H,2-3H2. The number of halogens is 4. The van der Waals surface area contributed by atoms with Gasteiger partial charge in [0.25, 0.3) is 0 Å². The minimum absolute atomic E-state index is 0.164. The van der Waals surface area contributed by atoms with E-state index in [9.17, 15) is 13.2 Å². The van der Waals surface area contributed by atoms with Gasteiger partial charge in [-0.3, -0.25) is 4.99 Å². The Morgan fingerprint density at radius 3 is 2.59 bits per heavy atom. The molecular formula is C15H9ClF3N3. The normalized spacial score (nSPS) is 18.5. The van der Waals surface area contributed by atoms with Crippen molar-refractivity contribution in [3.63, 3.8) is 0 Å². The second-order valence-corrected chi connectivity index (χ2v) is 5.79. The topological polar surface area (TPSA) is 38.1 Å². The third-order valence-electron chi connectivity index (χ3n) is 3.65. The molecule has 2 aliphatic rings. The highest BCUT2D eigenvalue weighted by Gasteiger charge is 2.38. The van der Waals surface area contributed by atoms with Gasteiger partial charge in [-0.05, 0) is 30.5 Å². The van der Waals surface area contributed by atoms with E-state index in [4.69, 9.17) is 11.6 Å². The fourth-order valence-electron chi connectivity index (χ4n) is 2.49. The van der Waals surface area contributed by atoms with Gasteiger partial charge < -0.3 is 0 Å². The molecule has 1 aromatic carbocycles. The average Bonchev–Trinajstić information content (AvgIpc) is 3.22. The average molecular weight is 324 g/mol. The Kier molecular flexibility index (Phi) is 2.81. The summed E-state index contributed by atoms with van der Waals surface area (Å²) in [6.07, 6.45) is -1.46. The van der Waals surface area contributed by atoms with E-state index in [1.165, 1.54) is 6.20 Å². The highest BCUT2D eigenvalue weighted by molar-refractivity contribution is 6.32. The van der Waals surface area contributed by atoms with Crippen LogP contribution in [0.15, 0.2) is 29.4 Å². The zero-order valence-corrected chi connectivity index (χ0v) is 11.9. The predicted octanol–water partition coefficient (Wildman–Crippen LogP) is 4.13. The van der Waals surface area contributed by atoms with E-state index in [0.717, 1.165) is 24.0 Å². The molecular weight excluding hydrogens is 315 g/mol. The van der Waals surface area contributed by atoms with Gasteiger partial charge >= 0.3 is 6.18 Å². The Balaban J connectivity index is 1.95. The van der Waals surface area contributed by atoms with Gasteiger partial charge in [0.2, 0.25) is 5.82 Å². The van der Waals surface area contributed by atoms with Crippen LogP contribution < -0.4 is 0 Å². The van der Waals surface area contributed by atoms with Crippen LogP contribution in [0.5, 0.6) is 0 Å². The van der Waals surface area contributed by atoms with Crippen molar-refractivity contribution in [3.8, 4) is 11.1 Å². The van der Waals surface area contributed by atoms with E-state index in [-0.39, 0.29) is 11.7 Å². The van der Waals surface area contributed by atoms with Gasteiger partial charge in [-0.25, -0.2) is 9.97 Å². The first-order chi connectivity index (χ1) is 10.4. The minimum atomic E-state index is -4.58. The summed E-state index contributed by atoms with van der Waals surface area (Å²) < 4.78 is 38.6. The summed E-state index contributed by atoms with van der Waals surface area (Å²) in [5.74, 6) is -1.14. The fraction of sp³-hybridized carbons (Fsp3) is 0.267. The van der Waals surface area contributed by atoms with Crippen molar-refractivity contribution >= 4 is 17.3 Å². The molecule has 0 bridgehead atoms. The highest BCUT2D eigenvalue weighted by Crippen LogP contribution is 2.40. The van der Waals surface area contributed by atoms with Crippen molar-refractivity contribution in [2.24, 2.45) is 4.99 Å². The molecule has 0 spiro atoms. The summed E-state index contributed by atoms with van der Waals surface area (Å²) in [5, 5.41) is 0.513. The number of rotatable bonds is 1. The SMILES string of the molecule is FC(F)(F)c1ncc2c(n1)C(=NC1CC1)c1cc(Cl)ccc1-2. The molecule has 1 saturated carbocycles. The van der Waals surface area contributed by atoms with Gasteiger partial charge in [-0.1, -0.05) is 17.7 Å². The van der Waals surface area contributed by atoms with Crippen molar-refractivity contribution in [1.82, 2.24) is 9.97 Å². The van der Waals surface area contributed by atoms with E-state index in [0.29, 0.717) is 16.3 Å². The van der Waals surface area contributed by atoms with E-state index in [1.54, 1.807) is 18.2 Å². The second-order valence-electron chi connectivity index (χ2n) is 5.35. The maximum Gasteiger partial charge on any atom is 0.451 e. The molecule has 2 aromatic rings. The number of alkyl halides is 3. The number of nitrogens with zero attached hydrogens (tertiary/aromatic N) is 3. The van der Waals surface area contributed by atoms with Crippen LogP contribution in [-0.4, -0.2) is 21.7 Å². The van der Waals surface area contributed by atoms with E-state index in [2.05, 4.69) is 15.0 Å². The summed E-state index contributed by atoms with van der Waals surface area (Å²) in [6.45, 7) is 0. The van der Waals surface area contributed by atoms with Crippen molar-refractivity contribution in [2.75, 3.05) is 0 Å². The Morgan fingerprint density at radius 2 is 1.91 bits per heavy atom. The molecule has 0 saturated heterocycles. The lowest BCUT2D eigenvalue weighted by Crippen LogP contribution is -2.14. The molecule has 0 aliphatic heterocycles. The lowest BCUT2D eigenvalue weighted by atomic mass is 10.1. The maximum absolute atomic E-state index is 12.9. The first-order valence-corrected chi connectivity index (χ1v) is 7.14. The third-order valence-corrected chi connectivity index (χ3v) is 3.89. The molecule has 0 radical (unpaired) electrons. The second kappa shape index (κ2) is 4.52. The van der Waals surface area contributed by atoms with Gasteiger partial charge in [0.05, 0.1) is 11.8 Å². The molecule has 22 heavy (non-hydrogen) atoms. The molecule has 2 aliphatic carbocycles. The zero-order valence-electron chi connectivity index (χ0n) is 11.2. The summed E-state index contributed by atoms with van der Waals surface area (Å²) >= 11 is 6.02. The first-order valence-electron chi connectivity index (χ1n) is 6.76. The number of aliphatic imine (C=N–C) groups is 1. The van der Waals surface area contributed by atoms with Crippen LogP contribution in [0, 0.1) is 0 Å². The Labute approximate surface area is 128 Å². The molecule has 1 heterocycles. The molecule has 112 valence electrons. The van der Waals surface area contributed by atoms with E-state index < -0.39 is 12.0 Å². The zero-order chi connectivity index (χ0) is 15.5. The monoisotopic (exact) mass is 323 g/mol. The van der Waals surface area contributed by atoms with Gasteiger partial charge in [0.1, 0.15) is 5.69 Å². The van der Waals surface area contributed by atoms with Gasteiger partial charge in [0.15, 0.2) is 0 Å². The largest absolute Gasteiger partial charge is 0.451 e.